The van der Waals surface area contributed by atoms with Gasteiger partial charge in [-0.2, -0.15) is 0 Å². The Morgan fingerprint density at radius 2 is 1.76 bits per heavy atom. The minimum Gasteiger partial charge on any atom is -0.488 e. The van der Waals surface area contributed by atoms with Gasteiger partial charge in [0.2, 0.25) is 5.91 Å². The van der Waals surface area contributed by atoms with E-state index in [-0.39, 0.29) is 4.91 Å². The Morgan fingerprint density at radius 1 is 1.00 bits per heavy atom. The standard InChI is InChI=1S/C29H20BrClN2O4S/c30-22-14-18(12-13-25(22)37-17-20-8-5-7-19-6-1-2-9-21(19)20)15-26-28(35)33(29(36)38-26)16-27(34)32-24-11-4-3-10-23(24)31/h1-15H,16-17H2,(H,32,34)/b26-15+. The smallest absolute Gasteiger partial charge is 0.294 e. The number of fused-ring (bicyclic) bond motifs is 1. The summed E-state index contributed by atoms with van der Waals surface area (Å²) in [7, 11) is 0. The number of hydrogen-bond donors (Lipinski definition) is 1. The van der Waals surface area contributed by atoms with Crippen LogP contribution in [0.4, 0.5) is 10.5 Å². The van der Waals surface area contributed by atoms with Crippen molar-refractivity contribution in [1.29, 1.82) is 0 Å². The van der Waals surface area contributed by atoms with E-state index in [2.05, 4.69) is 39.4 Å². The van der Waals surface area contributed by atoms with Crippen molar-refractivity contribution >= 4 is 78.9 Å². The molecule has 1 aliphatic heterocycles. The zero-order valence-electron chi connectivity index (χ0n) is 19.8. The van der Waals surface area contributed by atoms with Gasteiger partial charge < -0.3 is 10.1 Å². The van der Waals surface area contributed by atoms with Crippen molar-refractivity contribution in [3.63, 3.8) is 0 Å². The van der Waals surface area contributed by atoms with Crippen molar-refractivity contribution in [1.82, 2.24) is 4.90 Å². The van der Waals surface area contributed by atoms with Gasteiger partial charge in [0.05, 0.1) is 20.1 Å². The average molecular weight is 608 g/mol. The molecule has 0 aromatic heterocycles. The first-order valence-corrected chi connectivity index (χ1v) is 13.6. The number of rotatable bonds is 7. The number of ether oxygens (including phenoxy) is 1. The van der Waals surface area contributed by atoms with Gasteiger partial charge in [0.25, 0.3) is 11.1 Å². The highest BCUT2D eigenvalue weighted by Gasteiger charge is 2.36. The quantitative estimate of drug-likeness (QED) is 0.220. The Balaban J connectivity index is 1.25. The molecule has 0 saturated carbocycles. The molecule has 1 heterocycles. The van der Waals surface area contributed by atoms with E-state index < -0.39 is 23.6 Å². The summed E-state index contributed by atoms with van der Waals surface area (Å²) in [5, 5.41) is 4.77. The first kappa shape index (κ1) is 26.0. The summed E-state index contributed by atoms with van der Waals surface area (Å²) >= 11 is 10.4. The zero-order chi connectivity index (χ0) is 26.6. The summed E-state index contributed by atoms with van der Waals surface area (Å²) in [5.41, 5.74) is 2.20. The number of anilines is 1. The molecule has 190 valence electrons. The Kier molecular flexibility index (Phi) is 7.83. The third-order valence-corrected chi connectivity index (χ3v) is 7.70. The number of halogens is 2. The molecule has 0 spiro atoms. The molecule has 5 rings (SSSR count). The number of amides is 3. The van der Waals surface area contributed by atoms with Gasteiger partial charge in [-0.1, -0.05) is 72.3 Å². The summed E-state index contributed by atoms with van der Waals surface area (Å²) in [6.45, 7) is -0.00762. The molecule has 4 aromatic carbocycles. The molecule has 1 aliphatic rings. The van der Waals surface area contributed by atoms with Crippen LogP contribution in [0.5, 0.6) is 5.75 Å². The van der Waals surface area contributed by atoms with Gasteiger partial charge in [-0.15, -0.1) is 0 Å². The Hall–Kier alpha value is -3.59. The van der Waals surface area contributed by atoms with E-state index in [0.29, 0.717) is 33.1 Å². The minimum absolute atomic E-state index is 0.233. The first-order valence-electron chi connectivity index (χ1n) is 11.6. The van der Waals surface area contributed by atoms with E-state index in [0.717, 1.165) is 33.0 Å². The number of carbonyl (C=O) groups is 3. The Labute approximate surface area is 236 Å². The van der Waals surface area contributed by atoms with Crippen molar-refractivity contribution < 1.29 is 19.1 Å². The molecular weight excluding hydrogens is 588 g/mol. The number of nitrogens with zero attached hydrogens (tertiary/aromatic N) is 1. The number of nitrogens with one attached hydrogen (secondary N) is 1. The number of thioether (sulfide) groups is 1. The lowest BCUT2D eigenvalue weighted by Crippen LogP contribution is -2.36. The summed E-state index contributed by atoms with van der Waals surface area (Å²) < 4.78 is 6.77. The zero-order valence-corrected chi connectivity index (χ0v) is 23.0. The number of hydrogen-bond acceptors (Lipinski definition) is 5. The fourth-order valence-electron chi connectivity index (χ4n) is 3.98. The maximum absolute atomic E-state index is 12.9. The normalized spacial score (nSPS) is 14.4. The minimum atomic E-state index is -0.526. The first-order chi connectivity index (χ1) is 18.4. The number of carbonyl (C=O) groups excluding carboxylic acids is 3. The highest BCUT2D eigenvalue weighted by Crippen LogP contribution is 2.34. The average Bonchev–Trinajstić information content (AvgIpc) is 3.16. The number of imide groups is 1. The van der Waals surface area contributed by atoms with Crippen molar-refractivity contribution in [3.05, 3.63) is 110 Å². The van der Waals surface area contributed by atoms with Gasteiger partial charge in [0.1, 0.15) is 18.9 Å². The highest BCUT2D eigenvalue weighted by molar-refractivity contribution is 9.10. The second-order valence-electron chi connectivity index (χ2n) is 8.41. The van der Waals surface area contributed by atoms with Crippen molar-refractivity contribution in [2.75, 3.05) is 11.9 Å². The molecule has 3 amide bonds. The van der Waals surface area contributed by atoms with E-state index in [1.54, 1.807) is 36.4 Å². The van der Waals surface area contributed by atoms with Crippen LogP contribution in [0.15, 0.2) is 94.3 Å². The third-order valence-electron chi connectivity index (χ3n) is 5.84. The molecule has 0 unspecified atom stereocenters. The molecule has 1 fully saturated rings. The van der Waals surface area contributed by atoms with E-state index in [1.807, 2.05) is 36.4 Å². The second kappa shape index (κ2) is 11.4. The van der Waals surface area contributed by atoms with Crippen molar-refractivity contribution in [2.45, 2.75) is 6.61 Å². The van der Waals surface area contributed by atoms with Crippen LogP contribution in [0.2, 0.25) is 5.02 Å². The SMILES string of the molecule is O=C(CN1C(=O)S/C(=C/c2ccc(OCc3cccc4ccccc34)c(Br)c2)C1=O)Nc1ccccc1Cl. The highest BCUT2D eigenvalue weighted by atomic mass is 79.9. The van der Waals surface area contributed by atoms with Gasteiger partial charge in [0.15, 0.2) is 0 Å². The van der Waals surface area contributed by atoms with Gasteiger partial charge in [-0.05, 0) is 79.9 Å². The van der Waals surface area contributed by atoms with Crippen molar-refractivity contribution in [2.24, 2.45) is 0 Å². The number of benzene rings is 4. The predicted molar refractivity (Wildman–Crippen MR) is 155 cm³/mol. The molecular formula is C29H20BrClN2O4S. The van der Waals surface area contributed by atoms with Gasteiger partial charge in [-0.3, -0.25) is 19.3 Å². The van der Waals surface area contributed by atoms with Gasteiger partial charge in [-0.25, -0.2) is 0 Å². The van der Waals surface area contributed by atoms with Gasteiger partial charge in [0, 0.05) is 0 Å². The van der Waals surface area contributed by atoms with E-state index >= 15 is 0 Å². The summed E-state index contributed by atoms with van der Waals surface area (Å²) in [4.78, 5) is 38.9. The van der Waals surface area contributed by atoms with E-state index in [9.17, 15) is 14.4 Å². The molecule has 0 atom stereocenters. The van der Waals surface area contributed by atoms with Crippen molar-refractivity contribution in [3.8, 4) is 5.75 Å². The summed E-state index contributed by atoms with van der Waals surface area (Å²) in [5.74, 6) is -0.391. The molecule has 1 saturated heterocycles. The molecule has 6 nitrogen and oxygen atoms in total. The van der Waals surface area contributed by atoms with Crippen LogP contribution in [-0.4, -0.2) is 28.5 Å². The largest absolute Gasteiger partial charge is 0.488 e. The second-order valence-corrected chi connectivity index (χ2v) is 10.7. The van der Waals surface area contributed by atoms with E-state index in [1.165, 1.54) is 0 Å². The van der Waals surface area contributed by atoms with Crippen LogP contribution >= 0.6 is 39.3 Å². The summed E-state index contributed by atoms with van der Waals surface area (Å²) in [6.07, 6.45) is 1.62. The van der Waals surface area contributed by atoms with Crippen LogP contribution in [0.1, 0.15) is 11.1 Å². The van der Waals surface area contributed by atoms with Crippen LogP contribution in [0, 0.1) is 0 Å². The molecule has 38 heavy (non-hydrogen) atoms. The summed E-state index contributed by atoms with van der Waals surface area (Å²) in [6, 6.07) is 26.4. The van der Waals surface area contributed by atoms with E-state index in [4.69, 9.17) is 16.3 Å². The Bertz CT molecular complexity index is 1600. The number of para-hydroxylation sites is 1. The molecule has 1 N–H and O–H groups in total. The van der Waals surface area contributed by atoms with Crippen LogP contribution in [0.3, 0.4) is 0 Å². The predicted octanol–water partition coefficient (Wildman–Crippen LogP) is 7.51. The lowest BCUT2D eigenvalue weighted by atomic mass is 10.1. The lowest BCUT2D eigenvalue weighted by Gasteiger charge is -2.13. The molecule has 9 heteroatoms. The van der Waals surface area contributed by atoms with Gasteiger partial charge >= 0.3 is 0 Å². The fraction of sp³-hybridized carbons (Fsp3) is 0.0690. The van der Waals surface area contributed by atoms with Crippen LogP contribution in [-0.2, 0) is 16.2 Å². The molecule has 0 bridgehead atoms. The molecule has 4 aromatic rings. The van der Waals surface area contributed by atoms with Crippen LogP contribution in [0.25, 0.3) is 16.8 Å². The maximum atomic E-state index is 12.9. The maximum Gasteiger partial charge on any atom is 0.294 e. The third kappa shape index (κ3) is 5.78. The lowest BCUT2D eigenvalue weighted by molar-refractivity contribution is -0.127. The topological polar surface area (TPSA) is 75.7 Å². The molecule has 0 aliphatic carbocycles. The fourth-order valence-corrected chi connectivity index (χ4v) is 5.51. The molecule has 0 radical (unpaired) electrons. The Morgan fingerprint density at radius 3 is 2.58 bits per heavy atom. The monoisotopic (exact) mass is 606 g/mol. The van der Waals surface area contributed by atoms with Crippen LogP contribution < -0.4 is 10.1 Å².